The molecule has 1 aromatic carbocycles. The second-order valence-corrected chi connectivity index (χ2v) is 9.45. The first-order valence-corrected chi connectivity index (χ1v) is 11.7. The average Bonchev–Trinajstić information content (AvgIpc) is 3.20. The summed E-state index contributed by atoms with van der Waals surface area (Å²) < 4.78 is 29.9. The average molecular weight is 456 g/mol. The van der Waals surface area contributed by atoms with Gasteiger partial charge < -0.3 is 24.0 Å². The van der Waals surface area contributed by atoms with Gasteiger partial charge in [0.2, 0.25) is 5.91 Å². The number of likely N-dealkylation sites (N-methyl/N-ethyl adjacent to an activating group) is 2. The first kappa shape index (κ1) is 25.7. The molecule has 8 nitrogen and oxygen atoms in total. The molecule has 2 aliphatic rings. The van der Waals surface area contributed by atoms with Crippen LogP contribution in [0.15, 0.2) is 17.0 Å². The van der Waals surface area contributed by atoms with E-state index in [9.17, 15) is 9.00 Å². The molecule has 2 aliphatic heterocycles. The predicted molar refractivity (Wildman–Crippen MR) is 122 cm³/mol. The molecule has 1 amide bonds. The monoisotopic (exact) mass is 455 g/mol. The Kier molecular flexibility index (Phi) is 10.4. The number of rotatable bonds is 6. The Labute approximate surface area is 189 Å². The smallest absolute Gasteiger partial charge is 0.248 e. The highest BCUT2D eigenvalue weighted by Crippen LogP contribution is 2.26. The van der Waals surface area contributed by atoms with Gasteiger partial charge in [0.15, 0.2) is 0 Å². The van der Waals surface area contributed by atoms with Crippen LogP contribution >= 0.6 is 0 Å². The minimum absolute atomic E-state index is 0.0720. The maximum Gasteiger partial charge on any atom is 0.248 e. The maximum atomic E-state index is 12.6. The van der Waals surface area contributed by atoms with Crippen LogP contribution in [-0.2, 0) is 25.3 Å². The number of aryl methyl sites for hydroxylation is 2. The molecular weight excluding hydrogens is 418 g/mol. The van der Waals surface area contributed by atoms with Gasteiger partial charge in [-0.3, -0.25) is 4.79 Å². The van der Waals surface area contributed by atoms with E-state index in [1.165, 1.54) is 0 Å². The molecule has 0 radical (unpaired) electrons. The minimum Gasteiger partial charge on any atom is -0.497 e. The Hall–Kier alpha value is -1.52. The van der Waals surface area contributed by atoms with Gasteiger partial charge in [-0.2, -0.15) is 0 Å². The van der Waals surface area contributed by atoms with Crippen molar-refractivity contribution in [2.45, 2.75) is 31.2 Å². The molecule has 0 bridgehead atoms. The van der Waals surface area contributed by atoms with E-state index in [2.05, 4.69) is 11.9 Å². The zero-order chi connectivity index (χ0) is 23.0. The van der Waals surface area contributed by atoms with E-state index >= 15 is 0 Å². The van der Waals surface area contributed by atoms with Gasteiger partial charge in [-0.25, -0.2) is 8.51 Å². The molecular formula is C22H37N3O5S. The Morgan fingerprint density at radius 1 is 1.19 bits per heavy atom. The van der Waals surface area contributed by atoms with Crippen LogP contribution in [0, 0.1) is 13.8 Å². The topological polar surface area (TPSA) is 71.6 Å². The Morgan fingerprint density at radius 2 is 1.81 bits per heavy atom. The maximum absolute atomic E-state index is 12.6. The number of hydrogen-bond donors (Lipinski definition) is 0. The van der Waals surface area contributed by atoms with E-state index in [0.29, 0.717) is 19.3 Å². The first-order valence-electron chi connectivity index (χ1n) is 10.6. The number of amides is 1. The molecule has 2 heterocycles. The number of nitrogens with zero attached hydrogens (tertiary/aromatic N) is 3. The molecule has 0 spiro atoms. The molecule has 2 saturated heterocycles. The lowest BCUT2D eigenvalue weighted by molar-refractivity contribution is -0.135. The van der Waals surface area contributed by atoms with Crippen molar-refractivity contribution >= 4 is 16.9 Å². The molecule has 0 aliphatic carbocycles. The molecule has 31 heavy (non-hydrogen) atoms. The van der Waals surface area contributed by atoms with E-state index in [4.69, 9.17) is 14.2 Å². The fraction of sp³-hybridized carbons (Fsp3) is 0.682. The molecule has 2 fully saturated rings. The molecule has 3 rings (SSSR count). The summed E-state index contributed by atoms with van der Waals surface area (Å²) in [4.78, 5) is 16.4. The largest absolute Gasteiger partial charge is 0.497 e. The summed E-state index contributed by atoms with van der Waals surface area (Å²) in [6.45, 7) is 8.94. The van der Waals surface area contributed by atoms with Crippen molar-refractivity contribution in [3.05, 3.63) is 23.3 Å². The second-order valence-electron chi connectivity index (χ2n) is 8.02. The Balaban J connectivity index is 0.000000233. The SMILES string of the molecule is COCC(=O)N(C)C1CCN(C)C1.COc1cc(C)c(S(=O)N2CCOCC2)c(C)c1. The van der Waals surface area contributed by atoms with Crippen LogP contribution in [0.2, 0.25) is 0 Å². The van der Waals surface area contributed by atoms with Gasteiger partial charge in [0, 0.05) is 39.8 Å². The number of likely N-dealkylation sites (tertiary alicyclic amines) is 1. The summed E-state index contributed by atoms with van der Waals surface area (Å²) >= 11 is 0. The summed E-state index contributed by atoms with van der Waals surface area (Å²) in [7, 11) is 6.02. The van der Waals surface area contributed by atoms with E-state index in [-0.39, 0.29) is 12.5 Å². The Bertz CT molecular complexity index is 732. The van der Waals surface area contributed by atoms with Crippen molar-refractivity contribution in [1.29, 1.82) is 0 Å². The number of benzene rings is 1. The van der Waals surface area contributed by atoms with E-state index in [1.54, 1.807) is 19.1 Å². The number of ether oxygens (including phenoxy) is 3. The molecule has 2 atom stereocenters. The highest BCUT2D eigenvalue weighted by molar-refractivity contribution is 7.82. The van der Waals surface area contributed by atoms with E-state index in [1.807, 2.05) is 37.3 Å². The quantitative estimate of drug-likeness (QED) is 0.647. The Morgan fingerprint density at radius 3 is 2.29 bits per heavy atom. The highest BCUT2D eigenvalue weighted by Gasteiger charge is 2.26. The lowest BCUT2D eigenvalue weighted by atomic mass is 10.1. The second kappa shape index (κ2) is 12.5. The van der Waals surface area contributed by atoms with Crippen LogP contribution in [-0.4, -0.2) is 105 Å². The predicted octanol–water partition coefficient (Wildman–Crippen LogP) is 1.46. The zero-order valence-corrected chi connectivity index (χ0v) is 20.5. The van der Waals surface area contributed by atoms with E-state index < -0.39 is 11.0 Å². The summed E-state index contributed by atoms with van der Waals surface area (Å²) in [6.07, 6.45) is 1.07. The molecule has 0 aromatic heterocycles. The standard InChI is InChI=1S/C13H19NO3S.C9H18N2O2/c1-10-8-12(16-3)9-11(2)13(10)18(15)14-4-6-17-7-5-14;1-10-5-4-8(6-10)11(2)9(12)7-13-3/h8-9H,4-7H2,1-3H3;8H,4-7H2,1-3H3. The van der Waals surface area contributed by atoms with Crippen molar-refractivity contribution in [2.24, 2.45) is 0 Å². The number of methoxy groups -OCH3 is 2. The highest BCUT2D eigenvalue weighted by atomic mass is 32.2. The third kappa shape index (κ3) is 7.25. The van der Waals surface area contributed by atoms with Crippen LogP contribution in [0.3, 0.4) is 0 Å². The molecule has 1 aromatic rings. The van der Waals surface area contributed by atoms with Gasteiger partial charge in [0.1, 0.15) is 23.3 Å². The third-order valence-electron chi connectivity index (χ3n) is 5.62. The molecule has 9 heteroatoms. The lowest BCUT2D eigenvalue weighted by Crippen LogP contribution is -2.40. The molecule has 0 N–H and O–H groups in total. The lowest BCUT2D eigenvalue weighted by Gasteiger charge is -2.26. The first-order chi connectivity index (χ1) is 14.8. The zero-order valence-electron chi connectivity index (χ0n) is 19.7. The van der Waals surface area contributed by atoms with E-state index in [0.717, 1.165) is 54.4 Å². The number of hydrogen-bond acceptors (Lipinski definition) is 6. The summed E-state index contributed by atoms with van der Waals surface area (Å²) in [5.41, 5.74) is 2.02. The number of morpholine rings is 1. The fourth-order valence-corrected chi connectivity index (χ4v) is 5.21. The van der Waals surface area contributed by atoms with Gasteiger partial charge in [-0.15, -0.1) is 0 Å². The summed E-state index contributed by atoms with van der Waals surface area (Å²) in [5.74, 6) is 0.885. The van der Waals surface area contributed by atoms with Crippen LogP contribution in [0.4, 0.5) is 0 Å². The number of carbonyl (C=O) groups excluding carboxylic acids is 1. The van der Waals surface area contributed by atoms with Gasteiger partial charge in [0.25, 0.3) is 0 Å². The van der Waals surface area contributed by atoms with Crippen molar-refractivity contribution in [1.82, 2.24) is 14.1 Å². The van der Waals surface area contributed by atoms with Gasteiger partial charge in [-0.05, 0) is 57.1 Å². The molecule has 2 unspecified atom stereocenters. The van der Waals surface area contributed by atoms with Crippen molar-refractivity contribution in [3.63, 3.8) is 0 Å². The van der Waals surface area contributed by atoms with Crippen LogP contribution in [0.5, 0.6) is 5.75 Å². The number of carbonyl (C=O) groups is 1. The van der Waals surface area contributed by atoms with Crippen LogP contribution < -0.4 is 4.74 Å². The van der Waals surface area contributed by atoms with Gasteiger partial charge in [-0.1, -0.05) is 0 Å². The third-order valence-corrected chi connectivity index (χ3v) is 7.45. The van der Waals surface area contributed by atoms with Crippen LogP contribution in [0.1, 0.15) is 17.5 Å². The summed E-state index contributed by atoms with van der Waals surface area (Å²) in [6, 6.07) is 4.23. The normalized spacial score (nSPS) is 20.6. The summed E-state index contributed by atoms with van der Waals surface area (Å²) in [5, 5.41) is 0. The van der Waals surface area contributed by atoms with Crippen LogP contribution in [0.25, 0.3) is 0 Å². The van der Waals surface area contributed by atoms with Gasteiger partial charge >= 0.3 is 0 Å². The molecule has 0 saturated carbocycles. The molecule has 176 valence electrons. The van der Waals surface area contributed by atoms with Gasteiger partial charge in [0.05, 0.1) is 25.2 Å². The minimum atomic E-state index is -1.11. The van der Waals surface area contributed by atoms with Crippen molar-refractivity contribution in [2.75, 3.05) is 74.3 Å². The fourth-order valence-electron chi connectivity index (χ4n) is 3.80. The van der Waals surface area contributed by atoms with Crippen molar-refractivity contribution < 1.29 is 23.2 Å². The van der Waals surface area contributed by atoms with Crippen molar-refractivity contribution in [3.8, 4) is 5.75 Å².